The fraction of sp³-hybridized carbons (Fsp3) is 0.846. The summed E-state index contributed by atoms with van der Waals surface area (Å²) in [6.45, 7) is 5.76. The summed E-state index contributed by atoms with van der Waals surface area (Å²) in [5.41, 5.74) is 0. The van der Waals surface area contributed by atoms with Crippen molar-refractivity contribution in [1.82, 2.24) is 20.4 Å². The number of rotatable bonds is 3. The van der Waals surface area contributed by atoms with Gasteiger partial charge in [0, 0.05) is 52.2 Å². The van der Waals surface area contributed by atoms with E-state index in [4.69, 9.17) is 0 Å². The van der Waals surface area contributed by atoms with Crippen LogP contribution in [0.25, 0.3) is 0 Å². The highest BCUT2D eigenvalue weighted by Gasteiger charge is 2.27. The van der Waals surface area contributed by atoms with Gasteiger partial charge in [0.05, 0.1) is 6.54 Å². The first-order valence-corrected chi connectivity index (χ1v) is 7.13. The van der Waals surface area contributed by atoms with Crippen molar-refractivity contribution in [2.45, 2.75) is 12.8 Å². The van der Waals surface area contributed by atoms with Crippen LogP contribution < -0.4 is 10.6 Å². The summed E-state index contributed by atoms with van der Waals surface area (Å²) in [7, 11) is 1.67. The number of amides is 2. The summed E-state index contributed by atoms with van der Waals surface area (Å²) in [6, 6.07) is 0. The van der Waals surface area contributed by atoms with Gasteiger partial charge in [-0.3, -0.25) is 14.5 Å². The zero-order valence-corrected chi connectivity index (χ0v) is 11.7. The number of carbonyl (C=O) groups is 2. The number of nitrogens with one attached hydrogen (secondary N) is 2. The molecule has 0 radical (unpaired) electrons. The summed E-state index contributed by atoms with van der Waals surface area (Å²) < 4.78 is 0. The lowest BCUT2D eigenvalue weighted by molar-refractivity contribution is -0.136. The van der Waals surface area contributed by atoms with Gasteiger partial charge in [-0.15, -0.1) is 0 Å². The minimum atomic E-state index is 0.0771. The molecule has 2 aliphatic rings. The molecule has 6 heteroatoms. The van der Waals surface area contributed by atoms with E-state index >= 15 is 0 Å². The SMILES string of the molecule is CNC(=O)C1CCN(C(=O)CN2CCNCC2)CC1. The lowest BCUT2D eigenvalue weighted by atomic mass is 9.96. The maximum atomic E-state index is 12.2. The summed E-state index contributed by atoms with van der Waals surface area (Å²) in [5.74, 6) is 0.389. The van der Waals surface area contributed by atoms with E-state index in [0.717, 1.165) is 39.0 Å². The number of carbonyl (C=O) groups excluding carboxylic acids is 2. The van der Waals surface area contributed by atoms with Crippen molar-refractivity contribution in [3.05, 3.63) is 0 Å². The normalized spacial score (nSPS) is 22.3. The molecule has 6 nitrogen and oxygen atoms in total. The van der Waals surface area contributed by atoms with Crippen LogP contribution in [0.5, 0.6) is 0 Å². The predicted octanol–water partition coefficient (Wildman–Crippen LogP) is -1.12. The minimum absolute atomic E-state index is 0.0771. The molecule has 2 fully saturated rings. The zero-order chi connectivity index (χ0) is 13.7. The molecule has 0 aromatic heterocycles. The molecule has 2 amide bonds. The van der Waals surface area contributed by atoms with Gasteiger partial charge in [0.25, 0.3) is 0 Å². The monoisotopic (exact) mass is 268 g/mol. The van der Waals surface area contributed by atoms with Crippen molar-refractivity contribution in [3.8, 4) is 0 Å². The summed E-state index contributed by atoms with van der Waals surface area (Å²) in [6.07, 6.45) is 1.57. The quantitative estimate of drug-likeness (QED) is 0.680. The van der Waals surface area contributed by atoms with Crippen LogP contribution in [-0.2, 0) is 9.59 Å². The van der Waals surface area contributed by atoms with Gasteiger partial charge in [-0.05, 0) is 12.8 Å². The van der Waals surface area contributed by atoms with Gasteiger partial charge < -0.3 is 15.5 Å². The molecule has 108 valence electrons. The smallest absolute Gasteiger partial charge is 0.236 e. The van der Waals surface area contributed by atoms with Crippen molar-refractivity contribution in [2.24, 2.45) is 5.92 Å². The lowest BCUT2D eigenvalue weighted by Crippen LogP contribution is -2.50. The Morgan fingerprint density at radius 2 is 1.79 bits per heavy atom. The third-order valence-corrected chi connectivity index (χ3v) is 4.03. The largest absolute Gasteiger partial charge is 0.359 e. The molecule has 2 rings (SSSR count). The molecule has 0 saturated carbocycles. The Hall–Kier alpha value is -1.14. The van der Waals surface area contributed by atoms with Gasteiger partial charge >= 0.3 is 0 Å². The Morgan fingerprint density at radius 1 is 1.16 bits per heavy atom. The van der Waals surface area contributed by atoms with Crippen LogP contribution in [-0.4, -0.2) is 74.5 Å². The summed E-state index contributed by atoms with van der Waals surface area (Å²) in [5, 5.41) is 5.97. The van der Waals surface area contributed by atoms with Crippen molar-refractivity contribution in [1.29, 1.82) is 0 Å². The number of nitrogens with zero attached hydrogens (tertiary/aromatic N) is 2. The van der Waals surface area contributed by atoms with Crippen LogP contribution in [0.1, 0.15) is 12.8 Å². The van der Waals surface area contributed by atoms with Gasteiger partial charge in [-0.2, -0.15) is 0 Å². The maximum absolute atomic E-state index is 12.2. The molecule has 0 bridgehead atoms. The van der Waals surface area contributed by atoms with E-state index in [2.05, 4.69) is 15.5 Å². The van der Waals surface area contributed by atoms with Crippen LogP contribution >= 0.6 is 0 Å². The Morgan fingerprint density at radius 3 is 2.37 bits per heavy atom. The third-order valence-electron chi connectivity index (χ3n) is 4.03. The molecule has 0 aromatic rings. The van der Waals surface area contributed by atoms with Crippen molar-refractivity contribution in [3.63, 3.8) is 0 Å². The topological polar surface area (TPSA) is 64.7 Å². The van der Waals surface area contributed by atoms with E-state index < -0.39 is 0 Å². The molecule has 2 heterocycles. The molecule has 2 aliphatic heterocycles. The molecule has 0 aliphatic carbocycles. The number of likely N-dealkylation sites (tertiary alicyclic amines) is 1. The first-order chi connectivity index (χ1) is 9.20. The molecular formula is C13H24N4O2. The van der Waals surface area contributed by atoms with Gasteiger partial charge in [-0.1, -0.05) is 0 Å². The van der Waals surface area contributed by atoms with Crippen molar-refractivity contribution < 1.29 is 9.59 Å². The highest BCUT2D eigenvalue weighted by molar-refractivity contribution is 5.80. The van der Waals surface area contributed by atoms with E-state index in [9.17, 15) is 9.59 Å². The summed E-state index contributed by atoms with van der Waals surface area (Å²) in [4.78, 5) is 27.8. The average molecular weight is 268 g/mol. The van der Waals surface area contributed by atoms with Gasteiger partial charge in [0.2, 0.25) is 11.8 Å². The number of hydrogen-bond donors (Lipinski definition) is 2. The number of piperazine rings is 1. The molecular weight excluding hydrogens is 244 g/mol. The molecule has 0 unspecified atom stereocenters. The zero-order valence-electron chi connectivity index (χ0n) is 11.7. The predicted molar refractivity (Wildman–Crippen MR) is 72.7 cm³/mol. The van der Waals surface area contributed by atoms with Crippen LogP contribution in [0.3, 0.4) is 0 Å². The minimum Gasteiger partial charge on any atom is -0.359 e. The van der Waals surface area contributed by atoms with Crippen LogP contribution in [0.4, 0.5) is 0 Å². The first-order valence-electron chi connectivity index (χ1n) is 7.13. The van der Waals surface area contributed by atoms with E-state index in [0.29, 0.717) is 19.6 Å². The van der Waals surface area contributed by atoms with Crippen molar-refractivity contribution >= 4 is 11.8 Å². The second-order valence-corrected chi connectivity index (χ2v) is 5.30. The Kier molecular flexibility index (Phi) is 5.15. The highest BCUT2D eigenvalue weighted by atomic mass is 16.2. The second-order valence-electron chi connectivity index (χ2n) is 5.30. The third kappa shape index (κ3) is 3.91. The van der Waals surface area contributed by atoms with Crippen LogP contribution in [0.2, 0.25) is 0 Å². The second kappa shape index (κ2) is 6.86. The van der Waals surface area contributed by atoms with Gasteiger partial charge in [0.15, 0.2) is 0 Å². The fourth-order valence-corrected chi connectivity index (χ4v) is 2.76. The molecule has 19 heavy (non-hydrogen) atoms. The molecule has 2 saturated heterocycles. The molecule has 2 N–H and O–H groups in total. The van der Waals surface area contributed by atoms with Crippen LogP contribution in [0.15, 0.2) is 0 Å². The lowest BCUT2D eigenvalue weighted by Gasteiger charge is -2.34. The molecule has 0 spiro atoms. The van der Waals surface area contributed by atoms with E-state index in [1.165, 1.54) is 0 Å². The van der Waals surface area contributed by atoms with Gasteiger partial charge in [0.1, 0.15) is 0 Å². The Labute approximate surface area is 114 Å². The fourth-order valence-electron chi connectivity index (χ4n) is 2.76. The number of hydrogen-bond acceptors (Lipinski definition) is 4. The average Bonchev–Trinajstić information content (AvgIpc) is 2.47. The van der Waals surface area contributed by atoms with E-state index in [-0.39, 0.29) is 17.7 Å². The van der Waals surface area contributed by atoms with Gasteiger partial charge in [-0.25, -0.2) is 0 Å². The number of piperidine rings is 1. The van der Waals surface area contributed by atoms with E-state index in [1.54, 1.807) is 7.05 Å². The molecule has 0 aromatic carbocycles. The Balaban J connectivity index is 1.74. The standard InChI is InChI=1S/C13H24N4O2/c1-14-13(19)11-2-6-17(7-3-11)12(18)10-16-8-4-15-5-9-16/h11,15H,2-10H2,1H3,(H,14,19). The first kappa shape index (κ1) is 14.3. The van der Waals surface area contributed by atoms with Crippen molar-refractivity contribution in [2.75, 3.05) is 52.9 Å². The summed E-state index contributed by atoms with van der Waals surface area (Å²) >= 11 is 0. The Bertz CT molecular complexity index is 321. The molecule has 0 atom stereocenters. The van der Waals surface area contributed by atoms with E-state index in [1.807, 2.05) is 4.90 Å². The maximum Gasteiger partial charge on any atom is 0.236 e. The van der Waals surface area contributed by atoms with Crippen LogP contribution in [0, 0.1) is 5.92 Å². The highest BCUT2D eigenvalue weighted by Crippen LogP contribution is 2.17.